The molecule has 0 spiro atoms. The Bertz CT molecular complexity index is 580. The van der Waals surface area contributed by atoms with E-state index in [4.69, 9.17) is 0 Å². The molecule has 1 saturated heterocycles. The Morgan fingerprint density at radius 1 is 1.19 bits per heavy atom. The minimum absolute atomic E-state index is 0.483. The molecule has 1 heterocycles. The van der Waals surface area contributed by atoms with Crippen molar-refractivity contribution in [3.05, 3.63) is 23.3 Å². The standard InChI is InChI=1S/C16H26N2O2S/c1-5-14-6-8-18(9-7-14)21(19,20)16-12(2)10-15(17-4)11-13(16)3/h10-11,14,17H,5-9H2,1-4H3. The summed E-state index contributed by atoms with van der Waals surface area (Å²) < 4.78 is 27.5. The summed E-state index contributed by atoms with van der Waals surface area (Å²) in [5, 5.41) is 3.07. The Kier molecular flexibility index (Phi) is 4.94. The van der Waals surface area contributed by atoms with Crippen molar-refractivity contribution < 1.29 is 8.42 Å². The maximum absolute atomic E-state index is 12.9. The quantitative estimate of drug-likeness (QED) is 0.929. The van der Waals surface area contributed by atoms with Crippen LogP contribution in [0.25, 0.3) is 0 Å². The SMILES string of the molecule is CCC1CCN(S(=O)(=O)c2c(C)cc(NC)cc2C)CC1. The second kappa shape index (κ2) is 6.36. The van der Waals surface area contributed by atoms with Crippen LogP contribution in [0.4, 0.5) is 5.69 Å². The zero-order chi connectivity index (χ0) is 15.6. The van der Waals surface area contributed by atoms with Gasteiger partial charge in [-0.25, -0.2) is 8.42 Å². The van der Waals surface area contributed by atoms with Gasteiger partial charge in [-0.3, -0.25) is 0 Å². The molecule has 0 aliphatic carbocycles. The number of hydrogen-bond donors (Lipinski definition) is 1. The maximum atomic E-state index is 12.9. The normalized spacial score (nSPS) is 17.9. The molecule has 1 N–H and O–H groups in total. The van der Waals surface area contributed by atoms with E-state index in [1.807, 2.05) is 33.0 Å². The Morgan fingerprint density at radius 3 is 2.14 bits per heavy atom. The molecule has 0 atom stereocenters. The Hall–Kier alpha value is -1.07. The molecular weight excluding hydrogens is 284 g/mol. The van der Waals surface area contributed by atoms with Gasteiger partial charge in [-0.05, 0) is 55.9 Å². The number of anilines is 1. The third-order valence-corrected chi connectivity index (χ3v) is 6.70. The lowest BCUT2D eigenvalue weighted by molar-refractivity contribution is 0.269. The molecule has 0 amide bonds. The summed E-state index contributed by atoms with van der Waals surface area (Å²) in [6.07, 6.45) is 3.09. The van der Waals surface area contributed by atoms with Crippen molar-refractivity contribution in [1.82, 2.24) is 4.31 Å². The summed E-state index contributed by atoms with van der Waals surface area (Å²) >= 11 is 0. The van der Waals surface area contributed by atoms with E-state index in [1.165, 1.54) is 0 Å². The van der Waals surface area contributed by atoms with Crippen LogP contribution in [-0.2, 0) is 10.0 Å². The summed E-state index contributed by atoms with van der Waals surface area (Å²) in [5.74, 6) is 0.672. The molecule has 4 nitrogen and oxygen atoms in total. The zero-order valence-electron chi connectivity index (χ0n) is 13.4. The second-order valence-corrected chi connectivity index (χ2v) is 7.82. The number of hydrogen-bond acceptors (Lipinski definition) is 3. The molecule has 1 aromatic rings. The first-order valence-corrected chi connectivity index (χ1v) is 9.13. The molecule has 0 saturated carbocycles. The third-order valence-electron chi connectivity index (χ3n) is 4.50. The van der Waals surface area contributed by atoms with Crippen molar-refractivity contribution in [1.29, 1.82) is 0 Å². The van der Waals surface area contributed by atoms with E-state index in [-0.39, 0.29) is 0 Å². The van der Waals surface area contributed by atoms with Crippen LogP contribution < -0.4 is 5.32 Å². The summed E-state index contributed by atoms with van der Waals surface area (Å²) in [4.78, 5) is 0.483. The number of aryl methyl sites for hydroxylation is 2. The smallest absolute Gasteiger partial charge is 0.243 e. The van der Waals surface area contributed by atoms with E-state index in [2.05, 4.69) is 12.2 Å². The fourth-order valence-electron chi connectivity index (χ4n) is 3.19. The first-order valence-electron chi connectivity index (χ1n) is 7.69. The summed E-state index contributed by atoms with van der Waals surface area (Å²) in [6.45, 7) is 7.22. The van der Waals surface area contributed by atoms with Crippen molar-refractivity contribution in [3.8, 4) is 0 Å². The molecule has 0 unspecified atom stereocenters. The fraction of sp³-hybridized carbons (Fsp3) is 0.625. The van der Waals surface area contributed by atoms with Gasteiger partial charge >= 0.3 is 0 Å². The van der Waals surface area contributed by atoms with Gasteiger partial charge in [-0.2, -0.15) is 4.31 Å². The maximum Gasteiger partial charge on any atom is 0.243 e. The van der Waals surface area contributed by atoms with Crippen molar-refractivity contribution in [2.75, 3.05) is 25.5 Å². The van der Waals surface area contributed by atoms with Crippen LogP contribution in [0.15, 0.2) is 17.0 Å². The molecule has 1 aliphatic rings. The first-order chi connectivity index (χ1) is 9.90. The van der Waals surface area contributed by atoms with E-state index < -0.39 is 10.0 Å². The van der Waals surface area contributed by atoms with Gasteiger partial charge in [-0.1, -0.05) is 13.3 Å². The Labute approximate surface area is 128 Å². The number of nitrogens with one attached hydrogen (secondary N) is 1. The van der Waals surface area contributed by atoms with Gasteiger partial charge in [0.15, 0.2) is 0 Å². The first kappa shape index (κ1) is 16.3. The molecule has 2 rings (SSSR count). The highest BCUT2D eigenvalue weighted by molar-refractivity contribution is 7.89. The minimum Gasteiger partial charge on any atom is -0.388 e. The van der Waals surface area contributed by atoms with Crippen LogP contribution in [0, 0.1) is 19.8 Å². The fourth-order valence-corrected chi connectivity index (χ4v) is 5.07. The Balaban J connectivity index is 2.32. The molecule has 1 fully saturated rings. The van der Waals surface area contributed by atoms with E-state index >= 15 is 0 Å². The van der Waals surface area contributed by atoms with Gasteiger partial charge in [0.25, 0.3) is 0 Å². The van der Waals surface area contributed by atoms with Crippen molar-refractivity contribution in [3.63, 3.8) is 0 Å². The van der Waals surface area contributed by atoms with Gasteiger partial charge in [0.05, 0.1) is 4.90 Å². The van der Waals surface area contributed by atoms with Crippen LogP contribution in [0.5, 0.6) is 0 Å². The highest BCUT2D eigenvalue weighted by Crippen LogP contribution is 2.30. The molecule has 118 valence electrons. The molecule has 0 bridgehead atoms. The van der Waals surface area contributed by atoms with Crippen LogP contribution in [0.1, 0.15) is 37.3 Å². The number of rotatable bonds is 4. The predicted molar refractivity (Wildman–Crippen MR) is 87.2 cm³/mol. The average molecular weight is 310 g/mol. The molecule has 21 heavy (non-hydrogen) atoms. The molecule has 1 aromatic carbocycles. The molecule has 5 heteroatoms. The Morgan fingerprint density at radius 2 is 1.71 bits per heavy atom. The van der Waals surface area contributed by atoms with Crippen molar-refractivity contribution in [2.45, 2.75) is 44.9 Å². The topological polar surface area (TPSA) is 49.4 Å². The monoisotopic (exact) mass is 310 g/mol. The third kappa shape index (κ3) is 3.24. The minimum atomic E-state index is -3.37. The number of nitrogens with zero attached hydrogens (tertiary/aromatic N) is 1. The lowest BCUT2D eigenvalue weighted by Crippen LogP contribution is -2.38. The highest BCUT2D eigenvalue weighted by Gasteiger charge is 2.31. The van der Waals surface area contributed by atoms with Crippen molar-refractivity contribution in [2.24, 2.45) is 5.92 Å². The lowest BCUT2D eigenvalue weighted by atomic mass is 9.96. The summed E-state index contributed by atoms with van der Waals surface area (Å²) in [7, 11) is -1.53. The van der Waals surface area contributed by atoms with Gasteiger partial charge in [-0.15, -0.1) is 0 Å². The van der Waals surface area contributed by atoms with Crippen molar-refractivity contribution >= 4 is 15.7 Å². The van der Waals surface area contributed by atoms with Crippen LogP contribution in [0.2, 0.25) is 0 Å². The van der Waals surface area contributed by atoms with Crippen LogP contribution in [0.3, 0.4) is 0 Å². The molecule has 0 aromatic heterocycles. The number of sulfonamides is 1. The van der Waals surface area contributed by atoms with E-state index in [0.717, 1.165) is 36.1 Å². The lowest BCUT2D eigenvalue weighted by Gasteiger charge is -2.31. The molecular formula is C16H26N2O2S. The van der Waals surface area contributed by atoms with Gasteiger partial charge < -0.3 is 5.32 Å². The van der Waals surface area contributed by atoms with Crippen LogP contribution >= 0.6 is 0 Å². The van der Waals surface area contributed by atoms with E-state index in [0.29, 0.717) is 23.9 Å². The largest absolute Gasteiger partial charge is 0.388 e. The average Bonchev–Trinajstić information content (AvgIpc) is 2.46. The van der Waals surface area contributed by atoms with Gasteiger partial charge in [0.2, 0.25) is 10.0 Å². The second-order valence-electron chi connectivity index (χ2n) is 5.94. The summed E-state index contributed by atoms with van der Waals surface area (Å²) in [6, 6.07) is 3.80. The zero-order valence-corrected chi connectivity index (χ0v) is 14.3. The van der Waals surface area contributed by atoms with Gasteiger partial charge in [0.1, 0.15) is 0 Å². The van der Waals surface area contributed by atoms with E-state index in [9.17, 15) is 8.42 Å². The van der Waals surface area contributed by atoms with Crippen LogP contribution in [-0.4, -0.2) is 32.9 Å². The summed E-state index contributed by atoms with van der Waals surface area (Å²) in [5.41, 5.74) is 2.59. The highest BCUT2D eigenvalue weighted by atomic mass is 32.2. The van der Waals surface area contributed by atoms with E-state index in [1.54, 1.807) is 4.31 Å². The number of piperidine rings is 1. The predicted octanol–water partition coefficient (Wildman–Crippen LogP) is 3.16. The molecule has 0 radical (unpaired) electrons. The number of benzene rings is 1. The molecule has 1 aliphatic heterocycles. The van der Waals surface area contributed by atoms with Gasteiger partial charge in [0, 0.05) is 25.8 Å².